The van der Waals surface area contributed by atoms with E-state index in [0.29, 0.717) is 10.3 Å². The Morgan fingerprint density at radius 2 is 2.18 bits per heavy atom. The van der Waals surface area contributed by atoms with Crippen LogP contribution in [0, 0.1) is 0 Å². The molecule has 5 heteroatoms. The van der Waals surface area contributed by atoms with Crippen molar-refractivity contribution < 1.29 is 40.2 Å². The van der Waals surface area contributed by atoms with Crippen molar-refractivity contribution in [2.75, 3.05) is 6.61 Å². The van der Waals surface area contributed by atoms with Crippen molar-refractivity contribution in [2.24, 2.45) is 0 Å². The maximum atomic E-state index is 10.8. The molecule has 0 saturated carbocycles. The standard InChI is InChI=1S/C12H20IO4/c1-8(10-7-11(14)17-10)13-9(2)16-12-5-3-4-6-15-12/h8-10,12H,3-7H2,1-2H3/q-1/t8-,9?,10?,12?/m0/s1. The second kappa shape index (κ2) is 6.33. The number of alkyl halides is 2. The van der Waals surface area contributed by atoms with Crippen molar-refractivity contribution in [1.29, 1.82) is 0 Å². The molecule has 2 rings (SSSR count). The summed E-state index contributed by atoms with van der Waals surface area (Å²) >= 11 is -0.122. The van der Waals surface area contributed by atoms with Gasteiger partial charge in [-0.2, -0.15) is 0 Å². The van der Waals surface area contributed by atoms with Crippen LogP contribution in [0.1, 0.15) is 39.5 Å². The predicted molar refractivity (Wildman–Crippen MR) is 58.1 cm³/mol. The van der Waals surface area contributed by atoms with E-state index in [1.165, 1.54) is 6.42 Å². The first kappa shape index (κ1) is 13.5. The van der Waals surface area contributed by atoms with Crippen LogP contribution in [-0.4, -0.2) is 33.0 Å². The van der Waals surface area contributed by atoms with E-state index < -0.39 is 0 Å². The number of carbonyl (C=O) groups excluding carboxylic acids is 1. The predicted octanol–water partition coefficient (Wildman–Crippen LogP) is -1.33. The van der Waals surface area contributed by atoms with Gasteiger partial charge in [-0.3, -0.25) is 0 Å². The molecular weight excluding hydrogens is 335 g/mol. The van der Waals surface area contributed by atoms with Crippen LogP contribution >= 0.6 is 0 Å². The van der Waals surface area contributed by atoms with Crippen LogP contribution in [0.25, 0.3) is 0 Å². The molecule has 0 aromatic carbocycles. The molecule has 0 bridgehead atoms. The first-order valence-electron chi connectivity index (χ1n) is 6.23. The summed E-state index contributed by atoms with van der Waals surface area (Å²) in [5, 5.41) is 0. The van der Waals surface area contributed by atoms with Crippen LogP contribution in [-0.2, 0) is 19.0 Å². The summed E-state index contributed by atoms with van der Waals surface area (Å²) in [6.07, 6.45) is 4.10. The number of rotatable bonds is 5. The SMILES string of the molecule is CC(OC1CCCCO1)[I-][C@@H](C)C1CC(=O)O1. The topological polar surface area (TPSA) is 44.8 Å². The Morgan fingerprint density at radius 3 is 2.76 bits per heavy atom. The fourth-order valence-corrected chi connectivity index (χ4v) is 4.96. The fraction of sp³-hybridized carbons (Fsp3) is 0.917. The maximum absolute atomic E-state index is 10.8. The van der Waals surface area contributed by atoms with Crippen molar-refractivity contribution in [3.63, 3.8) is 0 Å². The number of ether oxygens (including phenoxy) is 3. The Labute approximate surface area is 113 Å². The molecule has 2 saturated heterocycles. The van der Waals surface area contributed by atoms with Gasteiger partial charge in [-0.05, 0) is 0 Å². The number of hydrogen-bond acceptors (Lipinski definition) is 4. The number of halogens is 1. The second-order valence-electron chi connectivity index (χ2n) is 4.51. The molecule has 2 fully saturated rings. The van der Waals surface area contributed by atoms with Crippen molar-refractivity contribution in [3.05, 3.63) is 0 Å². The summed E-state index contributed by atoms with van der Waals surface area (Å²) in [4.78, 5) is 10.8. The third-order valence-corrected chi connectivity index (χ3v) is 6.26. The molecule has 17 heavy (non-hydrogen) atoms. The Kier molecular flexibility index (Phi) is 5.05. The van der Waals surface area contributed by atoms with E-state index in [1.807, 2.05) is 0 Å². The van der Waals surface area contributed by atoms with Gasteiger partial charge in [-0.15, -0.1) is 0 Å². The molecule has 0 aliphatic carbocycles. The van der Waals surface area contributed by atoms with Crippen molar-refractivity contribution in [1.82, 2.24) is 0 Å². The molecule has 4 atom stereocenters. The normalized spacial score (nSPS) is 32.7. The molecule has 2 aliphatic heterocycles. The van der Waals surface area contributed by atoms with E-state index in [4.69, 9.17) is 14.2 Å². The van der Waals surface area contributed by atoms with Crippen molar-refractivity contribution in [2.45, 2.75) is 60.0 Å². The van der Waals surface area contributed by atoms with Gasteiger partial charge in [0.25, 0.3) is 0 Å². The second-order valence-corrected chi connectivity index (χ2v) is 8.95. The minimum absolute atomic E-state index is 0.00501. The number of cyclic esters (lactones) is 1. The zero-order valence-corrected chi connectivity index (χ0v) is 12.5. The Hall–Kier alpha value is 0.120. The molecule has 0 radical (unpaired) electrons. The molecule has 0 amide bonds. The van der Waals surface area contributed by atoms with Gasteiger partial charge in [0.1, 0.15) is 0 Å². The fourth-order valence-electron chi connectivity index (χ4n) is 2.00. The van der Waals surface area contributed by atoms with Crippen molar-refractivity contribution in [3.8, 4) is 0 Å². The molecule has 2 heterocycles. The summed E-state index contributed by atoms with van der Waals surface area (Å²) in [5.41, 5.74) is 0. The van der Waals surface area contributed by atoms with Crippen LogP contribution in [0.15, 0.2) is 0 Å². The van der Waals surface area contributed by atoms with Crippen LogP contribution in [0.5, 0.6) is 0 Å². The summed E-state index contributed by atoms with van der Waals surface area (Å²) in [6.45, 7) is 5.10. The number of hydrogen-bond donors (Lipinski definition) is 0. The van der Waals surface area contributed by atoms with Gasteiger partial charge >= 0.3 is 113 Å². The molecule has 2 aliphatic rings. The van der Waals surface area contributed by atoms with E-state index in [9.17, 15) is 4.79 Å². The monoisotopic (exact) mass is 355 g/mol. The third-order valence-electron chi connectivity index (χ3n) is 3.02. The average molecular weight is 355 g/mol. The minimum atomic E-state index is -0.122. The zero-order valence-electron chi connectivity index (χ0n) is 10.4. The number of carbonyl (C=O) groups is 1. The van der Waals surface area contributed by atoms with Crippen LogP contribution in [0.4, 0.5) is 0 Å². The summed E-state index contributed by atoms with van der Waals surface area (Å²) in [7, 11) is 0. The van der Waals surface area contributed by atoms with Gasteiger partial charge in [-0.25, -0.2) is 0 Å². The first-order valence-corrected chi connectivity index (χ1v) is 8.73. The molecular formula is C12H20IO4-. The van der Waals surface area contributed by atoms with E-state index in [0.717, 1.165) is 19.4 Å². The quantitative estimate of drug-likeness (QED) is 0.348. The Morgan fingerprint density at radius 1 is 1.41 bits per heavy atom. The van der Waals surface area contributed by atoms with Gasteiger partial charge in [0.05, 0.1) is 0 Å². The summed E-state index contributed by atoms with van der Waals surface area (Å²) < 4.78 is 17.3. The third kappa shape index (κ3) is 4.06. The Balaban J connectivity index is 1.65. The zero-order chi connectivity index (χ0) is 12.3. The molecule has 100 valence electrons. The van der Waals surface area contributed by atoms with Gasteiger partial charge in [0, 0.05) is 0 Å². The van der Waals surface area contributed by atoms with Crippen molar-refractivity contribution >= 4 is 5.97 Å². The molecule has 4 nitrogen and oxygen atoms in total. The van der Waals surface area contributed by atoms with E-state index in [-0.39, 0.29) is 43.7 Å². The van der Waals surface area contributed by atoms with Gasteiger partial charge in [-0.1, -0.05) is 0 Å². The van der Waals surface area contributed by atoms with Gasteiger partial charge < -0.3 is 0 Å². The molecule has 0 aromatic rings. The first-order chi connectivity index (χ1) is 8.15. The van der Waals surface area contributed by atoms with Crippen LogP contribution < -0.4 is 21.2 Å². The van der Waals surface area contributed by atoms with Crippen LogP contribution in [0.2, 0.25) is 0 Å². The molecule has 3 unspecified atom stereocenters. The molecule has 0 spiro atoms. The van der Waals surface area contributed by atoms with Crippen LogP contribution in [0.3, 0.4) is 0 Å². The molecule has 0 N–H and O–H groups in total. The van der Waals surface area contributed by atoms with E-state index in [2.05, 4.69) is 13.8 Å². The van der Waals surface area contributed by atoms with E-state index in [1.54, 1.807) is 0 Å². The molecule has 0 aromatic heterocycles. The average Bonchev–Trinajstić information content (AvgIpc) is 2.26. The number of esters is 1. The Bertz CT molecular complexity index is 257. The summed E-state index contributed by atoms with van der Waals surface area (Å²) in [5.74, 6) is -0.0601. The summed E-state index contributed by atoms with van der Waals surface area (Å²) in [6, 6.07) is 0. The van der Waals surface area contributed by atoms with E-state index >= 15 is 0 Å². The van der Waals surface area contributed by atoms with Gasteiger partial charge in [0.15, 0.2) is 0 Å². The van der Waals surface area contributed by atoms with Gasteiger partial charge in [0.2, 0.25) is 0 Å².